The number of rotatable bonds is 7. The zero-order valence-corrected chi connectivity index (χ0v) is 10.8. The normalized spacial score (nSPS) is 18.7. The number of anilines is 1. The van der Waals surface area contributed by atoms with Crippen molar-refractivity contribution in [2.45, 2.75) is 44.3 Å². The molecule has 1 N–H and O–H groups in total. The molecule has 1 heterocycles. The molecule has 3 heteroatoms. The zero-order chi connectivity index (χ0) is 12.4. The summed E-state index contributed by atoms with van der Waals surface area (Å²) in [5.41, 5.74) is 1.28. The fourth-order valence-corrected chi connectivity index (χ4v) is 2.20. The number of hydrogen-bond acceptors (Lipinski definition) is 3. The summed E-state index contributed by atoms with van der Waals surface area (Å²) in [5.74, 6) is 1.09. The van der Waals surface area contributed by atoms with Crippen LogP contribution in [0, 0.1) is 0 Å². The molecule has 3 nitrogen and oxygen atoms in total. The topological polar surface area (TPSA) is 28.2 Å². The van der Waals surface area contributed by atoms with Gasteiger partial charge in [-0.25, -0.2) is 4.98 Å². The summed E-state index contributed by atoms with van der Waals surface area (Å²) in [6.45, 7) is 5.68. The van der Waals surface area contributed by atoms with E-state index in [0.717, 1.165) is 24.9 Å². The highest BCUT2D eigenvalue weighted by molar-refractivity contribution is 5.43. The molecule has 18 heavy (non-hydrogen) atoms. The molecule has 1 aromatic rings. The Kier molecular flexibility index (Phi) is 3.33. The highest BCUT2D eigenvalue weighted by atomic mass is 15.2. The van der Waals surface area contributed by atoms with Crippen molar-refractivity contribution in [3.63, 3.8) is 0 Å². The molecular formula is C15H21N3. The molecule has 1 aromatic heterocycles. The van der Waals surface area contributed by atoms with E-state index in [2.05, 4.69) is 33.9 Å². The summed E-state index contributed by atoms with van der Waals surface area (Å²) in [6, 6.07) is 5.78. The molecule has 0 spiro atoms. The van der Waals surface area contributed by atoms with Crippen LogP contribution >= 0.6 is 0 Å². The van der Waals surface area contributed by atoms with Crippen LogP contribution in [0.15, 0.2) is 31.0 Å². The largest absolute Gasteiger partial charge is 0.350 e. The van der Waals surface area contributed by atoms with Gasteiger partial charge in [0.15, 0.2) is 0 Å². The third-order valence-electron chi connectivity index (χ3n) is 3.59. The first-order chi connectivity index (χ1) is 8.86. The van der Waals surface area contributed by atoms with Gasteiger partial charge in [-0.1, -0.05) is 12.1 Å². The van der Waals surface area contributed by atoms with E-state index in [1.54, 1.807) is 0 Å². The van der Waals surface area contributed by atoms with Gasteiger partial charge >= 0.3 is 0 Å². The fourth-order valence-electron chi connectivity index (χ4n) is 2.20. The fraction of sp³-hybridized carbons (Fsp3) is 0.533. The van der Waals surface area contributed by atoms with Crippen molar-refractivity contribution in [2.75, 3.05) is 11.4 Å². The van der Waals surface area contributed by atoms with Gasteiger partial charge < -0.3 is 10.2 Å². The molecule has 0 amide bonds. The Balaban J connectivity index is 1.62. The van der Waals surface area contributed by atoms with Gasteiger partial charge in [-0.2, -0.15) is 0 Å². The third-order valence-corrected chi connectivity index (χ3v) is 3.59. The second-order valence-corrected chi connectivity index (χ2v) is 5.35. The Bertz CT molecular complexity index is 404. The van der Waals surface area contributed by atoms with Crippen molar-refractivity contribution in [3.05, 3.63) is 36.5 Å². The Morgan fingerprint density at radius 1 is 1.33 bits per heavy atom. The van der Waals surface area contributed by atoms with Crippen LogP contribution in [-0.2, 0) is 6.54 Å². The SMILES string of the molecule is C=CCN(c1ccc(CNC2CC2)cn1)C1CC1. The molecule has 0 bridgehead atoms. The van der Waals surface area contributed by atoms with E-state index >= 15 is 0 Å². The lowest BCUT2D eigenvalue weighted by atomic mass is 10.2. The second kappa shape index (κ2) is 5.11. The molecule has 2 aliphatic carbocycles. The summed E-state index contributed by atoms with van der Waals surface area (Å²) in [5, 5.41) is 3.51. The number of nitrogens with zero attached hydrogens (tertiary/aromatic N) is 2. The van der Waals surface area contributed by atoms with E-state index in [1.165, 1.54) is 31.2 Å². The van der Waals surface area contributed by atoms with E-state index < -0.39 is 0 Å². The van der Waals surface area contributed by atoms with Crippen LogP contribution in [-0.4, -0.2) is 23.6 Å². The first kappa shape index (κ1) is 11.7. The second-order valence-electron chi connectivity index (χ2n) is 5.35. The average Bonchev–Trinajstić information content (AvgIpc) is 3.28. The van der Waals surface area contributed by atoms with Gasteiger partial charge in [-0.15, -0.1) is 6.58 Å². The minimum Gasteiger partial charge on any atom is -0.350 e. The summed E-state index contributed by atoms with van der Waals surface area (Å²) in [6.07, 6.45) is 9.22. The predicted molar refractivity (Wildman–Crippen MR) is 74.7 cm³/mol. The van der Waals surface area contributed by atoms with Gasteiger partial charge in [0.05, 0.1) is 0 Å². The summed E-state index contributed by atoms with van der Waals surface area (Å²) in [7, 11) is 0. The maximum absolute atomic E-state index is 4.60. The molecule has 2 aliphatic rings. The van der Waals surface area contributed by atoms with Gasteiger partial charge in [0, 0.05) is 31.4 Å². The predicted octanol–water partition coefficient (Wildman–Crippen LogP) is 2.49. The first-order valence-electron chi connectivity index (χ1n) is 6.92. The van der Waals surface area contributed by atoms with Gasteiger partial charge in [-0.05, 0) is 37.3 Å². The maximum atomic E-state index is 4.60. The third kappa shape index (κ3) is 2.91. The smallest absolute Gasteiger partial charge is 0.129 e. The van der Waals surface area contributed by atoms with E-state index in [0.29, 0.717) is 6.04 Å². The van der Waals surface area contributed by atoms with Crippen molar-refractivity contribution in [1.82, 2.24) is 10.3 Å². The van der Waals surface area contributed by atoms with Gasteiger partial charge in [0.1, 0.15) is 5.82 Å². The van der Waals surface area contributed by atoms with Crippen molar-refractivity contribution in [1.29, 1.82) is 0 Å². The highest BCUT2D eigenvalue weighted by Gasteiger charge is 2.29. The van der Waals surface area contributed by atoms with Crippen LogP contribution in [0.1, 0.15) is 31.2 Å². The monoisotopic (exact) mass is 243 g/mol. The van der Waals surface area contributed by atoms with Crippen molar-refractivity contribution in [3.8, 4) is 0 Å². The summed E-state index contributed by atoms with van der Waals surface area (Å²) in [4.78, 5) is 6.95. The molecule has 2 fully saturated rings. The number of aromatic nitrogens is 1. The molecule has 96 valence electrons. The standard InChI is InChI=1S/C15H21N3/c1-2-9-18(14-6-7-14)15-8-3-12(11-17-15)10-16-13-4-5-13/h2-3,8,11,13-14,16H,1,4-7,9-10H2. The number of nitrogens with one attached hydrogen (secondary N) is 1. The quantitative estimate of drug-likeness (QED) is 0.746. The Morgan fingerprint density at radius 2 is 2.17 bits per heavy atom. The maximum Gasteiger partial charge on any atom is 0.129 e. The van der Waals surface area contributed by atoms with E-state index in [1.807, 2.05) is 12.3 Å². The minimum atomic E-state index is 0.686. The molecule has 0 aliphatic heterocycles. The van der Waals surface area contributed by atoms with E-state index in [9.17, 15) is 0 Å². The van der Waals surface area contributed by atoms with E-state index in [4.69, 9.17) is 0 Å². The number of pyridine rings is 1. The zero-order valence-electron chi connectivity index (χ0n) is 10.8. The summed E-state index contributed by atoms with van der Waals surface area (Å²) >= 11 is 0. The number of hydrogen-bond donors (Lipinski definition) is 1. The average molecular weight is 243 g/mol. The summed E-state index contributed by atoms with van der Waals surface area (Å²) < 4.78 is 0. The Hall–Kier alpha value is -1.35. The van der Waals surface area contributed by atoms with Crippen LogP contribution in [0.3, 0.4) is 0 Å². The van der Waals surface area contributed by atoms with Crippen LogP contribution in [0.5, 0.6) is 0 Å². The molecule has 0 radical (unpaired) electrons. The van der Waals surface area contributed by atoms with Gasteiger partial charge in [0.2, 0.25) is 0 Å². The van der Waals surface area contributed by atoms with Gasteiger partial charge in [0.25, 0.3) is 0 Å². The molecule has 3 rings (SSSR count). The lowest BCUT2D eigenvalue weighted by Crippen LogP contribution is -2.26. The van der Waals surface area contributed by atoms with Crippen LogP contribution < -0.4 is 10.2 Å². The first-order valence-corrected chi connectivity index (χ1v) is 6.92. The lowest BCUT2D eigenvalue weighted by molar-refractivity contribution is 0.685. The van der Waals surface area contributed by atoms with Crippen molar-refractivity contribution < 1.29 is 0 Å². The Morgan fingerprint density at radius 3 is 2.72 bits per heavy atom. The molecule has 0 saturated heterocycles. The van der Waals surface area contributed by atoms with Crippen LogP contribution in [0.25, 0.3) is 0 Å². The lowest BCUT2D eigenvalue weighted by Gasteiger charge is -2.21. The van der Waals surface area contributed by atoms with Crippen LogP contribution in [0.4, 0.5) is 5.82 Å². The molecule has 2 saturated carbocycles. The Labute approximate surface area is 109 Å². The van der Waals surface area contributed by atoms with Crippen LogP contribution in [0.2, 0.25) is 0 Å². The van der Waals surface area contributed by atoms with Gasteiger partial charge in [-0.3, -0.25) is 0 Å². The van der Waals surface area contributed by atoms with Crippen molar-refractivity contribution in [2.24, 2.45) is 0 Å². The highest BCUT2D eigenvalue weighted by Crippen LogP contribution is 2.30. The molecular weight excluding hydrogens is 222 g/mol. The molecule has 0 unspecified atom stereocenters. The molecule has 0 aromatic carbocycles. The molecule has 0 atom stereocenters. The van der Waals surface area contributed by atoms with Crippen molar-refractivity contribution >= 4 is 5.82 Å². The minimum absolute atomic E-state index is 0.686. The van der Waals surface area contributed by atoms with E-state index in [-0.39, 0.29) is 0 Å².